The number of hydrogen-bond donors (Lipinski definition) is 1. The van der Waals surface area contributed by atoms with Crippen LogP contribution in [0.3, 0.4) is 0 Å². The van der Waals surface area contributed by atoms with Crippen LogP contribution in [0.1, 0.15) is 61.0 Å². The monoisotopic (exact) mass is 378 g/mol. The molecule has 5 rings (SSSR count). The van der Waals surface area contributed by atoms with Gasteiger partial charge in [0.1, 0.15) is 5.82 Å². The molecule has 1 spiro atoms. The van der Waals surface area contributed by atoms with Gasteiger partial charge in [0.25, 0.3) is 5.91 Å². The van der Waals surface area contributed by atoms with Crippen molar-refractivity contribution < 1.29 is 14.0 Å². The summed E-state index contributed by atoms with van der Waals surface area (Å²) in [6, 6.07) is 10.4. The van der Waals surface area contributed by atoms with Crippen LogP contribution in [0.4, 0.5) is 15.8 Å². The molecule has 1 N–H and O–H groups in total. The fourth-order valence-electron chi connectivity index (χ4n) is 5.25. The Labute approximate surface area is 163 Å². The number of carbonyl (C=O) groups is 2. The average molecular weight is 378 g/mol. The van der Waals surface area contributed by atoms with E-state index in [9.17, 15) is 14.0 Å². The zero-order chi connectivity index (χ0) is 19.7. The summed E-state index contributed by atoms with van der Waals surface area (Å²) in [5.74, 6) is -0.416. The zero-order valence-corrected chi connectivity index (χ0v) is 16.1. The summed E-state index contributed by atoms with van der Waals surface area (Å²) in [7, 11) is 0. The van der Waals surface area contributed by atoms with E-state index >= 15 is 0 Å². The predicted molar refractivity (Wildman–Crippen MR) is 106 cm³/mol. The number of nitrogens with one attached hydrogen (secondary N) is 1. The fraction of sp³-hybridized carbons (Fsp3) is 0.391. The van der Waals surface area contributed by atoms with Gasteiger partial charge in [-0.05, 0) is 56.5 Å². The van der Waals surface area contributed by atoms with Gasteiger partial charge in [-0.2, -0.15) is 0 Å². The van der Waals surface area contributed by atoms with Crippen LogP contribution in [0.25, 0.3) is 0 Å². The molecule has 2 amide bonds. The van der Waals surface area contributed by atoms with Crippen molar-refractivity contribution in [3.63, 3.8) is 0 Å². The molecule has 2 aromatic carbocycles. The molecular weight excluding hydrogens is 355 g/mol. The Morgan fingerprint density at radius 2 is 1.89 bits per heavy atom. The van der Waals surface area contributed by atoms with E-state index in [1.165, 1.54) is 6.07 Å². The lowest BCUT2D eigenvalue weighted by Gasteiger charge is -2.25. The summed E-state index contributed by atoms with van der Waals surface area (Å²) in [5, 5.41) is 2.88. The molecule has 4 nitrogen and oxygen atoms in total. The molecule has 2 aliphatic heterocycles. The second-order valence-electron chi connectivity index (χ2n) is 8.85. The average Bonchev–Trinajstić information content (AvgIpc) is 3.32. The van der Waals surface area contributed by atoms with Crippen LogP contribution in [0.2, 0.25) is 0 Å². The quantitative estimate of drug-likeness (QED) is 0.793. The lowest BCUT2D eigenvalue weighted by molar-refractivity contribution is -0.119. The van der Waals surface area contributed by atoms with Crippen molar-refractivity contribution in [3.8, 4) is 0 Å². The van der Waals surface area contributed by atoms with Crippen LogP contribution in [0, 0.1) is 5.82 Å². The second kappa shape index (κ2) is 5.66. The van der Waals surface area contributed by atoms with E-state index in [2.05, 4.69) is 5.32 Å². The van der Waals surface area contributed by atoms with Gasteiger partial charge in [0.2, 0.25) is 5.91 Å². The molecule has 144 valence electrons. The Kier molecular flexibility index (Phi) is 3.52. The van der Waals surface area contributed by atoms with Crippen LogP contribution in [0.15, 0.2) is 36.4 Å². The van der Waals surface area contributed by atoms with E-state index in [-0.39, 0.29) is 23.0 Å². The minimum Gasteiger partial charge on any atom is -0.325 e. The number of hydrogen-bond acceptors (Lipinski definition) is 2. The van der Waals surface area contributed by atoms with E-state index in [1.54, 1.807) is 23.1 Å². The van der Waals surface area contributed by atoms with E-state index in [4.69, 9.17) is 0 Å². The van der Waals surface area contributed by atoms with Gasteiger partial charge < -0.3 is 10.2 Å². The standard InChI is InChI=1S/C23H23FN2O2/c1-22(2)15-9-8-14(12-17(15)25-21(22)28)20(27)26-13-23(10-3-4-11-23)19-16(24)6-5-7-18(19)26/h5-9,12H,3-4,10-11,13H2,1-2H3,(H,25,28). The number of fused-ring (bicyclic) bond motifs is 3. The van der Waals surface area contributed by atoms with E-state index in [0.29, 0.717) is 29.0 Å². The summed E-state index contributed by atoms with van der Waals surface area (Å²) in [4.78, 5) is 27.3. The minimum atomic E-state index is -0.603. The summed E-state index contributed by atoms with van der Waals surface area (Å²) in [6.45, 7) is 4.27. The Bertz CT molecular complexity index is 1020. The van der Waals surface area contributed by atoms with Crippen molar-refractivity contribution >= 4 is 23.2 Å². The van der Waals surface area contributed by atoms with Gasteiger partial charge in [-0.25, -0.2) is 4.39 Å². The molecule has 1 fully saturated rings. The smallest absolute Gasteiger partial charge is 0.258 e. The van der Waals surface area contributed by atoms with Crippen molar-refractivity contribution in [1.82, 2.24) is 0 Å². The number of rotatable bonds is 1. The van der Waals surface area contributed by atoms with Gasteiger partial charge >= 0.3 is 0 Å². The number of nitrogens with zero attached hydrogens (tertiary/aromatic N) is 1. The Morgan fingerprint density at radius 1 is 1.14 bits per heavy atom. The highest BCUT2D eigenvalue weighted by Gasteiger charge is 2.48. The van der Waals surface area contributed by atoms with Crippen molar-refractivity contribution in [2.24, 2.45) is 0 Å². The van der Waals surface area contributed by atoms with Crippen LogP contribution < -0.4 is 10.2 Å². The van der Waals surface area contributed by atoms with E-state index < -0.39 is 5.41 Å². The third-order valence-corrected chi connectivity index (χ3v) is 6.84. The first-order valence-corrected chi connectivity index (χ1v) is 9.90. The highest BCUT2D eigenvalue weighted by molar-refractivity contribution is 6.11. The molecule has 28 heavy (non-hydrogen) atoms. The summed E-state index contributed by atoms with van der Waals surface area (Å²) in [5.41, 5.74) is 2.64. The number of benzene rings is 2. The zero-order valence-electron chi connectivity index (χ0n) is 16.1. The summed E-state index contributed by atoms with van der Waals surface area (Å²) < 4.78 is 14.7. The van der Waals surface area contributed by atoms with Gasteiger partial charge in [0.15, 0.2) is 0 Å². The first kappa shape index (κ1) is 17.4. The first-order chi connectivity index (χ1) is 13.3. The third-order valence-electron chi connectivity index (χ3n) is 6.84. The van der Waals surface area contributed by atoms with Gasteiger partial charge in [-0.3, -0.25) is 9.59 Å². The van der Waals surface area contributed by atoms with E-state index in [1.807, 2.05) is 26.0 Å². The molecule has 0 bridgehead atoms. The van der Waals surface area contributed by atoms with Crippen LogP contribution in [-0.4, -0.2) is 18.4 Å². The molecule has 3 aliphatic rings. The predicted octanol–water partition coefficient (Wildman–Crippen LogP) is 4.53. The van der Waals surface area contributed by atoms with Crippen LogP contribution in [-0.2, 0) is 15.6 Å². The Morgan fingerprint density at radius 3 is 2.64 bits per heavy atom. The molecular formula is C23H23FN2O2. The molecule has 0 radical (unpaired) electrons. The largest absolute Gasteiger partial charge is 0.325 e. The van der Waals surface area contributed by atoms with Crippen molar-refractivity contribution in [2.75, 3.05) is 16.8 Å². The van der Waals surface area contributed by atoms with Crippen molar-refractivity contribution in [1.29, 1.82) is 0 Å². The summed E-state index contributed by atoms with van der Waals surface area (Å²) in [6.07, 6.45) is 3.96. The Balaban J connectivity index is 1.55. The lowest BCUT2D eigenvalue weighted by atomic mass is 9.80. The van der Waals surface area contributed by atoms with Crippen LogP contribution in [0.5, 0.6) is 0 Å². The van der Waals surface area contributed by atoms with Gasteiger partial charge in [0.05, 0.1) is 11.1 Å². The maximum absolute atomic E-state index is 14.7. The molecule has 0 aromatic heterocycles. The molecule has 5 heteroatoms. The summed E-state index contributed by atoms with van der Waals surface area (Å²) >= 11 is 0. The highest BCUT2D eigenvalue weighted by atomic mass is 19.1. The van der Waals surface area contributed by atoms with Crippen molar-refractivity contribution in [2.45, 2.75) is 50.4 Å². The number of halogens is 1. The first-order valence-electron chi connectivity index (χ1n) is 9.90. The molecule has 0 unspecified atom stereocenters. The van der Waals surface area contributed by atoms with Crippen LogP contribution >= 0.6 is 0 Å². The molecule has 2 heterocycles. The highest BCUT2D eigenvalue weighted by Crippen LogP contribution is 2.51. The molecule has 0 atom stereocenters. The fourth-order valence-corrected chi connectivity index (χ4v) is 5.25. The second-order valence-corrected chi connectivity index (χ2v) is 8.85. The Hall–Kier alpha value is -2.69. The van der Waals surface area contributed by atoms with Crippen molar-refractivity contribution in [3.05, 3.63) is 58.9 Å². The SMILES string of the molecule is CC1(C)C(=O)Nc2cc(C(=O)N3CC4(CCCC4)c4c(F)cccc43)ccc21. The molecule has 0 saturated heterocycles. The van der Waals surface area contributed by atoms with E-state index in [0.717, 1.165) is 31.2 Å². The van der Waals surface area contributed by atoms with Gasteiger partial charge in [-0.1, -0.05) is 25.0 Å². The lowest BCUT2D eigenvalue weighted by Crippen LogP contribution is -2.35. The van der Waals surface area contributed by atoms with Gasteiger partial charge in [-0.15, -0.1) is 0 Å². The maximum atomic E-state index is 14.7. The van der Waals surface area contributed by atoms with Gasteiger partial charge in [0, 0.05) is 28.8 Å². The normalized spacial score (nSPS) is 21.0. The number of carbonyl (C=O) groups excluding carboxylic acids is 2. The maximum Gasteiger partial charge on any atom is 0.258 e. The minimum absolute atomic E-state index is 0.0643. The molecule has 2 aromatic rings. The third kappa shape index (κ3) is 2.22. The topological polar surface area (TPSA) is 49.4 Å². The molecule has 1 saturated carbocycles. The molecule has 1 aliphatic carbocycles. The number of amides is 2. The number of anilines is 2.